The lowest BCUT2D eigenvalue weighted by Gasteiger charge is -2.34. The number of rotatable bonds is 7. The molecule has 2 N–H and O–H groups in total. The molecule has 0 unspecified atom stereocenters. The van der Waals surface area contributed by atoms with Crippen molar-refractivity contribution >= 4 is 34.3 Å². The molecule has 42 heavy (non-hydrogen) atoms. The number of hydrogen-bond acceptors (Lipinski definition) is 9. The maximum atomic E-state index is 11.9. The second kappa shape index (κ2) is 11.7. The Kier molecular flexibility index (Phi) is 7.67. The molecule has 0 radical (unpaired) electrons. The quantitative estimate of drug-likeness (QED) is 0.329. The van der Waals surface area contributed by atoms with Crippen LogP contribution in [0.1, 0.15) is 32.6 Å². The molecule has 0 spiro atoms. The number of carbonyl (C=O) groups excluding carboxylic acids is 1. The number of hydrogen-bond donors (Lipinski definition) is 1. The Bertz CT molecular complexity index is 1650. The molecule has 0 bridgehead atoms. The maximum Gasteiger partial charge on any atom is 0.337 e. The van der Waals surface area contributed by atoms with Gasteiger partial charge in [-0.3, -0.25) is 0 Å². The van der Waals surface area contributed by atoms with Crippen LogP contribution in [0.15, 0.2) is 67.2 Å². The van der Waals surface area contributed by atoms with Crippen LogP contribution in [0.25, 0.3) is 16.6 Å². The van der Waals surface area contributed by atoms with Gasteiger partial charge < -0.3 is 29.9 Å². The van der Waals surface area contributed by atoms with E-state index in [1.165, 1.54) is 18.2 Å². The van der Waals surface area contributed by atoms with Gasteiger partial charge in [0.2, 0.25) is 5.95 Å². The third-order valence-electron chi connectivity index (χ3n) is 8.18. The van der Waals surface area contributed by atoms with E-state index in [9.17, 15) is 4.79 Å². The van der Waals surface area contributed by atoms with Crippen LogP contribution >= 0.6 is 0 Å². The van der Waals surface area contributed by atoms with Crippen LogP contribution in [-0.4, -0.2) is 72.6 Å². The Morgan fingerprint density at radius 2 is 1.79 bits per heavy atom. The zero-order chi connectivity index (χ0) is 29.2. The number of anilines is 2. The molecule has 2 aliphatic rings. The lowest BCUT2D eigenvalue weighted by Crippen LogP contribution is -2.45. The topological polar surface area (TPSA) is 97.0 Å². The second-order valence-corrected chi connectivity index (χ2v) is 10.9. The van der Waals surface area contributed by atoms with E-state index in [1.54, 1.807) is 6.07 Å². The summed E-state index contributed by atoms with van der Waals surface area (Å²) in [7, 11) is 3.53. The number of methoxy groups -OCH3 is 1. The zero-order valence-corrected chi connectivity index (χ0v) is 24.2. The summed E-state index contributed by atoms with van der Waals surface area (Å²) in [5.74, 6) is 1.71. The van der Waals surface area contributed by atoms with Gasteiger partial charge in [-0.1, -0.05) is 36.9 Å². The fourth-order valence-electron chi connectivity index (χ4n) is 5.76. The van der Waals surface area contributed by atoms with Gasteiger partial charge in [-0.05, 0) is 60.5 Å². The third-order valence-corrected chi connectivity index (χ3v) is 8.18. The Balaban J connectivity index is 1.17. The van der Waals surface area contributed by atoms with E-state index in [-0.39, 0.29) is 11.9 Å². The number of aromatic nitrogens is 2. The first-order valence-electron chi connectivity index (χ1n) is 14.3. The summed E-state index contributed by atoms with van der Waals surface area (Å²) in [6.45, 7) is 10.2. The highest BCUT2D eigenvalue weighted by Crippen LogP contribution is 2.34. The molecule has 0 amide bonds. The highest BCUT2D eigenvalue weighted by Gasteiger charge is 2.23. The lowest BCUT2D eigenvalue weighted by molar-refractivity contribution is 0.0600. The van der Waals surface area contributed by atoms with Crippen LogP contribution in [-0.2, 0) is 24.3 Å². The minimum Gasteiger partial charge on any atom is -0.489 e. The first-order valence-corrected chi connectivity index (χ1v) is 14.3. The fraction of sp³-hybridized carbons (Fsp3) is 0.303. The summed E-state index contributed by atoms with van der Waals surface area (Å²) < 4.78 is 11.1. The van der Waals surface area contributed by atoms with Gasteiger partial charge in [0, 0.05) is 55.9 Å². The van der Waals surface area contributed by atoms with Crippen molar-refractivity contribution in [1.82, 2.24) is 19.8 Å². The molecule has 9 nitrogen and oxygen atoms in total. The SMILES string of the molecule is C=C(c1ccc2c(N3CCN(C)CC3)nc(N)nc2c1)N1CCc2c(cccc2OCc2cccc(C(=O)OC)c2)C1. The predicted octanol–water partition coefficient (Wildman–Crippen LogP) is 4.36. The van der Waals surface area contributed by atoms with Crippen LogP contribution in [0.3, 0.4) is 0 Å². The molecule has 4 aromatic rings. The van der Waals surface area contributed by atoms with Crippen molar-refractivity contribution in [2.24, 2.45) is 0 Å². The van der Waals surface area contributed by atoms with Crippen molar-refractivity contribution in [3.8, 4) is 5.75 Å². The molecule has 1 aromatic heterocycles. The Hall–Kier alpha value is -4.63. The third kappa shape index (κ3) is 5.60. The van der Waals surface area contributed by atoms with Gasteiger partial charge in [0.1, 0.15) is 18.2 Å². The van der Waals surface area contributed by atoms with Crippen LogP contribution < -0.4 is 15.4 Å². The van der Waals surface area contributed by atoms with E-state index >= 15 is 0 Å². The van der Waals surface area contributed by atoms with Crippen LogP contribution in [0.5, 0.6) is 5.75 Å². The number of fused-ring (bicyclic) bond motifs is 2. The summed E-state index contributed by atoms with van der Waals surface area (Å²) >= 11 is 0. The molecule has 3 heterocycles. The maximum absolute atomic E-state index is 11.9. The van der Waals surface area contributed by atoms with Gasteiger partial charge in [0.25, 0.3) is 0 Å². The van der Waals surface area contributed by atoms with E-state index in [0.717, 1.165) is 85.0 Å². The first-order chi connectivity index (χ1) is 20.4. The number of likely N-dealkylation sites (N-methyl/N-ethyl adjacent to an activating group) is 1. The second-order valence-electron chi connectivity index (χ2n) is 10.9. The molecule has 1 fully saturated rings. The van der Waals surface area contributed by atoms with Crippen LogP contribution in [0, 0.1) is 0 Å². The standard InChI is InChI=1S/C33H36N6O3/c1-22(24-10-11-28-29(19-24)35-33(34)36-31(28)38-16-14-37(2)15-17-38)39-13-12-27-26(20-39)8-5-9-30(27)42-21-23-6-4-7-25(18-23)32(40)41-3/h4-11,18-19H,1,12-17,20-21H2,2-3H3,(H2,34,35,36). The largest absolute Gasteiger partial charge is 0.489 e. The Morgan fingerprint density at radius 3 is 2.60 bits per heavy atom. The average molecular weight is 565 g/mol. The van der Waals surface area contributed by atoms with E-state index in [0.29, 0.717) is 12.2 Å². The fourth-order valence-corrected chi connectivity index (χ4v) is 5.76. The molecule has 2 aliphatic heterocycles. The first kappa shape index (κ1) is 27.5. The normalized spacial score (nSPS) is 15.4. The van der Waals surface area contributed by atoms with Crippen LogP contribution in [0.4, 0.5) is 11.8 Å². The van der Waals surface area contributed by atoms with E-state index < -0.39 is 0 Å². The van der Waals surface area contributed by atoms with Gasteiger partial charge >= 0.3 is 5.97 Å². The number of nitrogens with two attached hydrogens (primary N) is 1. The summed E-state index contributed by atoms with van der Waals surface area (Å²) in [4.78, 5) is 28.0. The number of carbonyl (C=O) groups is 1. The van der Waals surface area contributed by atoms with Gasteiger partial charge in [-0.25, -0.2) is 9.78 Å². The van der Waals surface area contributed by atoms with Crippen molar-refractivity contribution in [2.75, 3.05) is 57.5 Å². The average Bonchev–Trinajstić information content (AvgIpc) is 3.02. The summed E-state index contributed by atoms with van der Waals surface area (Å²) in [6.07, 6.45) is 0.836. The lowest BCUT2D eigenvalue weighted by atomic mass is 9.97. The summed E-state index contributed by atoms with van der Waals surface area (Å²) in [5, 5.41) is 1.01. The number of benzene rings is 3. The Morgan fingerprint density at radius 1 is 0.976 bits per heavy atom. The van der Waals surface area contributed by atoms with Crippen molar-refractivity contribution in [3.05, 3.63) is 95.1 Å². The molecular formula is C33H36N6O3. The van der Waals surface area contributed by atoms with E-state index in [1.807, 2.05) is 30.3 Å². The molecule has 0 atom stereocenters. The number of nitrogens with zero attached hydrogens (tertiary/aromatic N) is 5. The molecule has 1 saturated heterocycles. The minimum absolute atomic E-state index is 0.288. The van der Waals surface area contributed by atoms with Crippen molar-refractivity contribution in [2.45, 2.75) is 19.6 Å². The molecule has 0 saturated carbocycles. The summed E-state index contributed by atoms with van der Waals surface area (Å²) in [6, 6.07) is 19.8. The molecule has 3 aromatic carbocycles. The molecule has 216 valence electrons. The zero-order valence-electron chi connectivity index (χ0n) is 24.2. The number of piperazine rings is 1. The monoisotopic (exact) mass is 564 g/mol. The molecule has 0 aliphatic carbocycles. The molecule has 6 rings (SSSR count). The van der Waals surface area contributed by atoms with Gasteiger partial charge in [0.15, 0.2) is 0 Å². The smallest absolute Gasteiger partial charge is 0.337 e. The Labute approximate surface area is 246 Å². The highest BCUT2D eigenvalue weighted by atomic mass is 16.5. The number of esters is 1. The van der Waals surface area contributed by atoms with E-state index in [4.69, 9.17) is 15.2 Å². The van der Waals surface area contributed by atoms with Gasteiger partial charge in [0.05, 0.1) is 18.2 Å². The molecule has 9 heteroatoms. The van der Waals surface area contributed by atoms with Crippen molar-refractivity contribution in [1.29, 1.82) is 0 Å². The number of ether oxygens (including phenoxy) is 2. The van der Waals surface area contributed by atoms with Crippen LogP contribution in [0.2, 0.25) is 0 Å². The van der Waals surface area contributed by atoms with E-state index in [2.05, 4.69) is 62.6 Å². The van der Waals surface area contributed by atoms with Gasteiger partial charge in [-0.2, -0.15) is 4.98 Å². The number of nitrogen functional groups attached to an aromatic ring is 1. The minimum atomic E-state index is -0.355. The predicted molar refractivity (Wildman–Crippen MR) is 165 cm³/mol. The summed E-state index contributed by atoms with van der Waals surface area (Å²) in [5.41, 5.74) is 12.8. The molecular weight excluding hydrogens is 528 g/mol. The van der Waals surface area contributed by atoms with Crippen molar-refractivity contribution < 1.29 is 14.3 Å². The van der Waals surface area contributed by atoms with Gasteiger partial charge in [-0.15, -0.1) is 0 Å². The van der Waals surface area contributed by atoms with Crippen molar-refractivity contribution in [3.63, 3.8) is 0 Å². The highest BCUT2D eigenvalue weighted by molar-refractivity contribution is 5.92.